The molecule has 2 heterocycles. The topological polar surface area (TPSA) is 15.3 Å². The van der Waals surface area contributed by atoms with Gasteiger partial charge >= 0.3 is 0 Å². The maximum absolute atomic E-state index is 3.72. The molecule has 0 atom stereocenters. The van der Waals surface area contributed by atoms with Crippen LogP contribution in [0.3, 0.4) is 0 Å². The second kappa shape index (κ2) is 5.32. The minimum atomic E-state index is 0.226. The molecule has 0 saturated carbocycles. The van der Waals surface area contributed by atoms with Gasteiger partial charge in [-0.1, -0.05) is 13.8 Å². The second-order valence-electron chi connectivity index (χ2n) is 6.16. The van der Waals surface area contributed by atoms with Gasteiger partial charge in [0.25, 0.3) is 0 Å². The Kier molecular flexibility index (Phi) is 4.15. The molecule has 0 spiro atoms. The molecular formula is C15H26N2S. The standard InChI is InChI=1S/C15H26N2S/c1-5-15(6-2)11-16-14(3,4)12-17(15)9-13-7-8-18-10-13/h7-8,10,16H,5-6,9,11-12H2,1-4H3. The molecule has 1 aromatic heterocycles. The van der Waals surface area contributed by atoms with Crippen LogP contribution in [-0.4, -0.2) is 29.1 Å². The molecule has 2 nitrogen and oxygen atoms in total. The number of hydrogen-bond acceptors (Lipinski definition) is 3. The minimum absolute atomic E-state index is 0.226. The Hall–Kier alpha value is -0.380. The SMILES string of the molecule is CCC1(CC)CNC(C)(C)CN1Cc1ccsc1. The summed E-state index contributed by atoms with van der Waals surface area (Å²) in [5.41, 5.74) is 2.02. The van der Waals surface area contributed by atoms with Crippen molar-refractivity contribution in [2.75, 3.05) is 13.1 Å². The fourth-order valence-corrected chi connectivity index (χ4v) is 3.65. The van der Waals surface area contributed by atoms with E-state index < -0.39 is 0 Å². The Balaban J connectivity index is 2.19. The number of nitrogens with zero attached hydrogens (tertiary/aromatic N) is 1. The van der Waals surface area contributed by atoms with Gasteiger partial charge in [-0.15, -0.1) is 0 Å². The van der Waals surface area contributed by atoms with Crippen LogP contribution in [0.5, 0.6) is 0 Å². The molecule has 1 aliphatic heterocycles. The average molecular weight is 266 g/mol. The predicted octanol–water partition coefficient (Wildman–Crippen LogP) is 3.49. The van der Waals surface area contributed by atoms with Gasteiger partial charge in [0, 0.05) is 30.7 Å². The van der Waals surface area contributed by atoms with Crippen LogP contribution in [0.4, 0.5) is 0 Å². The van der Waals surface area contributed by atoms with E-state index in [0.29, 0.717) is 5.54 Å². The molecule has 3 heteroatoms. The normalized spacial score (nSPS) is 23.1. The fourth-order valence-electron chi connectivity index (χ4n) is 2.99. The Morgan fingerprint density at radius 2 is 2.06 bits per heavy atom. The first-order chi connectivity index (χ1) is 8.51. The highest BCUT2D eigenvalue weighted by Gasteiger charge is 2.41. The molecule has 0 aromatic carbocycles. The van der Waals surface area contributed by atoms with Gasteiger partial charge in [-0.3, -0.25) is 4.90 Å². The summed E-state index contributed by atoms with van der Waals surface area (Å²) < 4.78 is 0. The van der Waals surface area contributed by atoms with Crippen molar-refractivity contribution < 1.29 is 0 Å². The van der Waals surface area contributed by atoms with Gasteiger partial charge in [-0.2, -0.15) is 11.3 Å². The van der Waals surface area contributed by atoms with Crippen molar-refractivity contribution in [1.29, 1.82) is 0 Å². The average Bonchev–Trinajstić information content (AvgIpc) is 2.82. The molecule has 102 valence electrons. The quantitative estimate of drug-likeness (QED) is 0.897. The first kappa shape index (κ1) is 14.0. The predicted molar refractivity (Wildman–Crippen MR) is 80.1 cm³/mol. The van der Waals surface area contributed by atoms with E-state index in [4.69, 9.17) is 0 Å². The van der Waals surface area contributed by atoms with Crippen LogP contribution >= 0.6 is 11.3 Å². The molecule has 0 aliphatic carbocycles. The van der Waals surface area contributed by atoms with Crippen molar-refractivity contribution >= 4 is 11.3 Å². The van der Waals surface area contributed by atoms with E-state index in [9.17, 15) is 0 Å². The molecule has 18 heavy (non-hydrogen) atoms. The molecule has 1 aliphatic rings. The van der Waals surface area contributed by atoms with Gasteiger partial charge in [0.2, 0.25) is 0 Å². The van der Waals surface area contributed by atoms with Gasteiger partial charge in [0.15, 0.2) is 0 Å². The number of thiophene rings is 1. The highest BCUT2D eigenvalue weighted by molar-refractivity contribution is 7.07. The molecule has 2 rings (SSSR count). The number of hydrogen-bond donors (Lipinski definition) is 1. The Morgan fingerprint density at radius 1 is 1.33 bits per heavy atom. The maximum atomic E-state index is 3.72. The largest absolute Gasteiger partial charge is 0.309 e. The van der Waals surface area contributed by atoms with Crippen LogP contribution in [0, 0.1) is 0 Å². The number of piperazine rings is 1. The van der Waals surface area contributed by atoms with Crippen LogP contribution in [-0.2, 0) is 6.54 Å². The van der Waals surface area contributed by atoms with E-state index in [1.54, 1.807) is 11.3 Å². The molecular weight excluding hydrogens is 240 g/mol. The summed E-state index contributed by atoms with van der Waals surface area (Å²) >= 11 is 1.80. The lowest BCUT2D eigenvalue weighted by molar-refractivity contribution is 0.00242. The zero-order valence-electron chi connectivity index (χ0n) is 12.1. The van der Waals surface area contributed by atoms with E-state index in [-0.39, 0.29) is 5.54 Å². The molecule has 0 amide bonds. The summed E-state index contributed by atoms with van der Waals surface area (Å²) in [7, 11) is 0. The zero-order chi connectivity index (χ0) is 13.2. The molecule has 1 fully saturated rings. The third-order valence-corrected chi connectivity index (χ3v) is 5.15. The molecule has 1 aromatic rings. The van der Waals surface area contributed by atoms with Crippen LogP contribution in [0.25, 0.3) is 0 Å². The molecule has 0 radical (unpaired) electrons. The maximum Gasteiger partial charge on any atom is 0.0333 e. The lowest BCUT2D eigenvalue weighted by Gasteiger charge is -2.52. The van der Waals surface area contributed by atoms with Gasteiger partial charge in [-0.25, -0.2) is 0 Å². The second-order valence-corrected chi connectivity index (χ2v) is 6.94. The van der Waals surface area contributed by atoms with Crippen molar-refractivity contribution in [3.05, 3.63) is 22.4 Å². The summed E-state index contributed by atoms with van der Waals surface area (Å²) in [6.45, 7) is 12.6. The zero-order valence-corrected chi connectivity index (χ0v) is 12.9. The van der Waals surface area contributed by atoms with Crippen LogP contribution in [0.2, 0.25) is 0 Å². The summed E-state index contributed by atoms with van der Waals surface area (Å²) in [6, 6.07) is 2.26. The van der Waals surface area contributed by atoms with Crippen molar-refractivity contribution in [2.45, 2.75) is 58.2 Å². The molecule has 1 N–H and O–H groups in total. The lowest BCUT2D eigenvalue weighted by Crippen LogP contribution is -2.67. The van der Waals surface area contributed by atoms with Gasteiger partial charge in [0.1, 0.15) is 0 Å². The molecule has 1 saturated heterocycles. The third-order valence-electron chi connectivity index (χ3n) is 4.42. The smallest absolute Gasteiger partial charge is 0.0333 e. The minimum Gasteiger partial charge on any atom is -0.309 e. The lowest BCUT2D eigenvalue weighted by atomic mass is 9.84. The van der Waals surface area contributed by atoms with Gasteiger partial charge < -0.3 is 5.32 Å². The van der Waals surface area contributed by atoms with Crippen molar-refractivity contribution in [2.24, 2.45) is 0 Å². The van der Waals surface area contributed by atoms with Crippen LogP contribution in [0.15, 0.2) is 16.8 Å². The Labute approximate surface area is 115 Å². The Morgan fingerprint density at radius 3 is 2.61 bits per heavy atom. The third kappa shape index (κ3) is 2.79. The van der Waals surface area contributed by atoms with Crippen molar-refractivity contribution in [3.63, 3.8) is 0 Å². The number of nitrogens with one attached hydrogen (secondary N) is 1. The first-order valence-electron chi connectivity index (χ1n) is 7.02. The van der Waals surface area contributed by atoms with E-state index in [1.165, 1.54) is 18.4 Å². The summed E-state index contributed by atoms with van der Waals surface area (Å²) in [4.78, 5) is 2.70. The summed E-state index contributed by atoms with van der Waals surface area (Å²) in [5.74, 6) is 0. The van der Waals surface area contributed by atoms with Crippen LogP contribution < -0.4 is 5.32 Å². The van der Waals surface area contributed by atoms with Crippen molar-refractivity contribution in [3.8, 4) is 0 Å². The highest BCUT2D eigenvalue weighted by Crippen LogP contribution is 2.31. The highest BCUT2D eigenvalue weighted by atomic mass is 32.1. The van der Waals surface area contributed by atoms with E-state index in [0.717, 1.165) is 19.6 Å². The van der Waals surface area contributed by atoms with Crippen molar-refractivity contribution in [1.82, 2.24) is 10.2 Å². The Bertz CT molecular complexity index is 366. The van der Waals surface area contributed by atoms with Crippen LogP contribution in [0.1, 0.15) is 46.1 Å². The first-order valence-corrected chi connectivity index (χ1v) is 7.97. The molecule has 0 unspecified atom stereocenters. The van der Waals surface area contributed by atoms with E-state index in [2.05, 4.69) is 54.7 Å². The van der Waals surface area contributed by atoms with Gasteiger partial charge in [-0.05, 0) is 49.1 Å². The summed E-state index contributed by atoms with van der Waals surface area (Å²) in [5, 5.41) is 8.19. The molecule has 0 bridgehead atoms. The fraction of sp³-hybridized carbons (Fsp3) is 0.733. The van der Waals surface area contributed by atoms with E-state index in [1.807, 2.05) is 0 Å². The monoisotopic (exact) mass is 266 g/mol. The van der Waals surface area contributed by atoms with Gasteiger partial charge in [0.05, 0.1) is 0 Å². The number of rotatable bonds is 4. The van der Waals surface area contributed by atoms with E-state index >= 15 is 0 Å². The summed E-state index contributed by atoms with van der Waals surface area (Å²) in [6.07, 6.45) is 2.44.